The van der Waals surface area contributed by atoms with Gasteiger partial charge in [-0.2, -0.15) is 4.98 Å². The molecular weight excluding hydrogens is 562 g/mol. The van der Waals surface area contributed by atoms with Crippen LogP contribution in [0, 0.1) is 5.82 Å². The van der Waals surface area contributed by atoms with Gasteiger partial charge in [0.25, 0.3) is 0 Å². The van der Waals surface area contributed by atoms with Gasteiger partial charge in [-0.15, -0.1) is 0 Å². The summed E-state index contributed by atoms with van der Waals surface area (Å²) in [4.78, 5) is 24.0. The molecular formula is C30H39ClF2N8O. The number of nitrogens with zero attached hydrogens (tertiary/aromatic N) is 3. The molecule has 0 aliphatic heterocycles. The zero-order valence-corrected chi connectivity index (χ0v) is 24.7. The van der Waals surface area contributed by atoms with E-state index in [0.717, 1.165) is 36.8 Å². The highest BCUT2D eigenvalue weighted by Crippen LogP contribution is 2.31. The first-order chi connectivity index (χ1) is 20.2. The molecule has 0 spiro atoms. The van der Waals surface area contributed by atoms with E-state index in [0.29, 0.717) is 47.6 Å². The van der Waals surface area contributed by atoms with Crippen LogP contribution in [-0.4, -0.2) is 53.2 Å². The number of nitrogens with two attached hydrogens (primary N) is 3. The highest BCUT2D eigenvalue weighted by Gasteiger charge is 2.15. The average Bonchev–Trinajstić information content (AvgIpc) is 3.39. The summed E-state index contributed by atoms with van der Waals surface area (Å²) in [6.45, 7) is 3.04. The molecule has 0 amide bonds. The Kier molecular flexibility index (Phi) is 12.6. The van der Waals surface area contributed by atoms with Crippen LogP contribution in [0.2, 0.25) is 5.02 Å². The highest BCUT2D eigenvalue weighted by atomic mass is 35.5. The Morgan fingerprint density at radius 1 is 1.17 bits per heavy atom. The number of fused-ring (bicyclic) bond motifs is 1. The molecule has 0 bridgehead atoms. The van der Waals surface area contributed by atoms with Crippen molar-refractivity contribution in [3.8, 4) is 16.9 Å². The summed E-state index contributed by atoms with van der Waals surface area (Å²) in [7, 11) is 1.50. The first kappa shape index (κ1) is 32.9. The third-order valence-corrected chi connectivity index (χ3v) is 6.79. The third-order valence-electron chi connectivity index (χ3n) is 6.52. The van der Waals surface area contributed by atoms with E-state index in [2.05, 4.69) is 26.0 Å². The van der Waals surface area contributed by atoms with Gasteiger partial charge < -0.3 is 27.5 Å². The summed E-state index contributed by atoms with van der Waals surface area (Å²) in [5.74, 6) is -0.510. The zero-order valence-electron chi connectivity index (χ0n) is 24.0. The van der Waals surface area contributed by atoms with E-state index in [4.69, 9.17) is 23.1 Å². The van der Waals surface area contributed by atoms with Crippen LogP contribution < -0.4 is 28.2 Å². The molecule has 2 aromatic carbocycles. The topological polar surface area (TPSA) is 153 Å². The molecule has 2 aromatic heterocycles. The summed E-state index contributed by atoms with van der Waals surface area (Å²) < 4.78 is 28.8. The van der Waals surface area contributed by atoms with Gasteiger partial charge in [-0.05, 0) is 87.7 Å². The van der Waals surface area contributed by atoms with Gasteiger partial charge in [0, 0.05) is 36.3 Å². The van der Waals surface area contributed by atoms with Crippen LogP contribution in [0.25, 0.3) is 28.0 Å². The lowest BCUT2D eigenvalue weighted by Gasteiger charge is -2.09. The van der Waals surface area contributed by atoms with Crippen molar-refractivity contribution in [1.82, 2.24) is 19.9 Å². The van der Waals surface area contributed by atoms with Gasteiger partial charge in [0.05, 0.1) is 16.4 Å². The van der Waals surface area contributed by atoms with Crippen molar-refractivity contribution in [3.05, 3.63) is 81.1 Å². The molecule has 0 aliphatic carbocycles. The maximum Gasteiger partial charge on any atom is 0.354 e. The molecule has 4 aromatic rings. The van der Waals surface area contributed by atoms with Crippen LogP contribution in [0.15, 0.2) is 58.4 Å². The van der Waals surface area contributed by atoms with E-state index in [1.807, 2.05) is 31.2 Å². The molecule has 0 fully saturated rings. The van der Waals surface area contributed by atoms with Crippen molar-refractivity contribution in [2.45, 2.75) is 45.2 Å². The number of hydrogen-bond donors (Lipinski definition) is 5. The normalized spacial score (nSPS) is 12.3. The predicted octanol–water partition coefficient (Wildman–Crippen LogP) is 4.22. The van der Waals surface area contributed by atoms with Crippen molar-refractivity contribution in [1.29, 1.82) is 0 Å². The van der Waals surface area contributed by atoms with Gasteiger partial charge in [0.1, 0.15) is 18.2 Å². The number of halogens is 3. The van der Waals surface area contributed by atoms with Gasteiger partial charge in [-0.1, -0.05) is 23.7 Å². The fourth-order valence-electron chi connectivity index (χ4n) is 4.41. The second-order valence-corrected chi connectivity index (χ2v) is 10.3. The van der Waals surface area contributed by atoms with Crippen molar-refractivity contribution in [2.75, 3.05) is 26.8 Å². The van der Waals surface area contributed by atoms with Crippen LogP contribution in [0.1, 0.15) is 37.3 Å². The molecule has 226 valence electrons. The lowest BCUT2D eigenvalue weighted by atomic mass is 10.0. The van der Waals surface area contributed by atoms with E-state index in [9.17, 15) is 9.18 Å². The molecule has 0 aliphatic rings. The molecule has 42 heavy (non-hydrogen) atoms. The van der Waals surface area contributed by atoms with Gasteiger partial charge in [0.2, 0.25) is 0 Å². The molecule has 4 rings (SSSR count). The Balaban J connectivity index is 0.00000237. The van der Waals surface area contributed by atoms with Crippen molar-refractivity contribution >= 4 is 28.5 Å². The maximum atomic E-state index is 15.0. The fourth-order valence-corrected chi connectivity index (χ4v) is 4.66. The van der Waals surface area contributed by atoms with E-state index in [1.165, 1.54) is 11.6 Å². The monoisotopic (exact) mass is 600 g/mol. The summed E-state index contributed by atoms with van der Waals surface area (Å²) >= 11 is 6.21. The molecule has 8 N–H and O–H groups in total. The molecule has 9 nitrogen and oxygen atoms in total. The third kappa shape index (κ3) is 8.93. The average molecular weight is 601 g/mol. The minimum Gasteiger partial charge on any atom is -0.385 e. The number of amidine groups is 1. The molecule has 0 saturated carbocycles. The molecule has 12 heteroatoms. The van der Waals surface area contributed by atoms with E-state index in [1.54, 1.807) is 24.4 Å². The Morgan fingerprint density at radius 2 is 1.90 bits per heavy atom. The Bertz CT molecular complexity index is 1530. The first-order valence-corrected chi connectivity index (χ1v) is 14.2. The van der Waals surface area contributed by atoms with Crippen molar-refractivity contribution < 1.29 is 8.78 Å². The number of hydrogen-bond acceptors (Lipinski definition) is 6. The molecule has 2 heterocycles. The van der Waals surface area contributed by atoms with Crippen molar-refractivity contribution in [2.24, 2.45) is 22.2 Å². The Labute approximate surface area is 249 Å². The number of nitrogens with one attached hydrogen (secondary N) is 2. The lowest BCUT2D eigenvalue weighted by Crippen LogP contribution is -2.20. The van der Waals surface area contributed by atoms with Gasteiger partial charge in [-0.3, -0.25) is 9.56 Å². The van der Waals surface area contributed by atoms with Crippen molar-refractivity contribution in [3.63, 3.8) is 0 Å². The summed E-state index contributed by atoms with van der Waals surface area (Å²) in [5, 5.41) is 4.01. The quantitative estimate of drug-likeness (QED) is 0.0879. The number of H-pyrrole nitrogens is 1. The smallest absolute Gasteiger partial charge is 0.354 e. The Hall–Kier alpha value is -3.64. The van der Waals surface area contributed by atoms with Crippen LogP contribution >= 0.6 is 11.6 Å². The molecule has 0 saturated heterocycles. The number of alkyl halides is 1. The number of benzene rings is 2. The molecule has 0 radical (unpaired) electrons. The van der Waals surface area contributed by atoms with Gasteiger partial charge >= 0.3 is 5.69 Å². The van der Waals surface area contributed by atoms with Crippen LogP contribution in [-0.2, 0) is 13.0 Å². The van der Waals surface area contributed by atoms with E-state index >= 15 is 4.39 Å². The fraction of sp³-hybridized carbons (Fsp3) is 0.367. The first-order valence-electron chi connectivity index (χ1n) is 13.8. The second kappa shape index (κ2) is 16.1. The van der Waals surface area contributed by atoms with Crippen LogP contribution in [0.3, 0.4) is 0 Å². The standard InChI is InChI=1S/C29H34ClF2N7O.CH5N/c1-18(33)4-2-5-20-12-23(27(32)24(30)13-20)25-14-21-17-39(29(40)38-28(21)37-25)22-8-6-19(7-9-22)16-35-10-3-11-36-26(34)15-31;1-2/h6-9,12-14,17-18,35H,2-5,10-11,15-16,33H2,1H3,(H2,34,36)(H,37,38,40);2H2,1H3. The predicted molar refractivity (Wildman–Crippen MR) is 168 cm³/mol. The SMILES string of the molecule is CC(N)CCCc1cc(Cl)c(F)c(-c2cc3cn(-c4ccc(CNCCCN=C(N)CF)cc4)c(=O)nc3[nH]2)c1.CN. The summed E-state index contributed by atoms with van der Waals surface area (Å²) in [6, 6.07) is 12.8. The number of aromatic amines is 1. The van der Waals surface area contributed by atoms with Gasteiger partial charge in [0.15, 0.2) is 5.82 Å². The van der Waals surface area contributed by atoms with Crippen LogP contribution in [0.5, 0.6) is 0 Å². The number of aryl methyl sites for hydroxylation is 1. The zero-order chi connectivity index (χ0) is 30.6. The molecule has 1 atom stereocenters. The van der Waals surface area contributed by atoms with Gasteiger partial charge in [-0.25, -0.2) is 13.6 Å². The lowest BCUT2D eigenvalue weighted by molar-refractivity contribution is 0.576. The number of rotatable bonds is 13. The molecule has 1 unspecified atom stereocenters. The van der Waals surface area contributed by atoms with E-state index in [-0.39, 0.29) is 16.9 Å². The number of aliphatic imine (C=N–C) groups is 1. The summed E-state index contributed by atoms with van der Waals surface area (Å²) in [6.07, 6.45) is 4.89. The highest BCUT2D eigenvalue weighted by molar-refractivity contribution is 6.31. The number of aromatic nitrogens is 3. The van der Waals surface area contributed by atoms with E-state index < -0.39 is 18.2 Å². The Morgan fingerprint density at radius 3 is 2.60 bits per heavy atom. The largest absolute Gasteiger partial charge is 0.385 e. The van der Waals surface area contributed by atoms with Crippen LogP contribution in [0.4, 0.5) is 8.78 Å². The maximum absolute atomic E-state index is 15.0. The second-order valence-electron chi connectivity index (χ2n) is 9.89. The minimum absolute atomic E-state index is 0.0175. The summed E-state index contributed by atoms with van der Waals surface area (Å²) in [5.41, 5.74) is 19.0. The minimum atomic E-state index is -0.729.